The second kappa shape index (κ2) is 6.23. The molecular formula is C9H19NO. The minimum atomic E-state index is 0.705. The van der Waals surface area contributed by atoms with Crippen molar-refractivity contribution >= 4 is 0 Å². The van der Waals surface area contributed by atoms with Crippen molar-refractivity contribution in [3.63, 3.8) is 0 Å². The quantitative estimate of drug-likeness (QED) is 0.532. The van der Waals surface area contributed by atoms with Gasteiger partial charge in [-0.25, -0.2) is 0 Å². The van der Waals surface area contributed by atoms with E-state index in [1.807, 2.05) is 13.8 Å². The van der Waals surface area contributed by atoms with E-state index in [0.29, 0.717) is 6.61 Å². The van der Waals surface area contributed by atoms with E-state index in [1.165, 1.54) is 0 Å². The standard InChI is InChI=1S/C7H13NO.C2H6/c1-7-6-9-5-3-4-8(7)2;1-2/h1,3-6H2,2H3;1-2H3. The van der Waals surface area contributed by atoms with Crippen LogP contribution in [0.2, 0.25) is 0 Å². The molecule has 0 unspecified atom stereocenters. The number of likely N-dealkylation sites (N-methyl/N-ethyl adjacent to an activating group) is 1. The Hall–Kier alpha value is -0.500. The lowest BCUT2D eigenvalue weighted by Crippen LogP contribution is -2.17. The summed E-state index contributed by atoms with van der Waals surface area (Å²) in [6.45, 7) is 10.5. The predicted molar refractivity (Wildman–Crippen MR) is 48.6 cm³/mol. The molecule has 11 heavy (non-hydrogen) atoms. The van der Waals surface area contributed by atoms with Crippen LogP contribution in [-0.4, -0.2) is 31.7 Å². The summed E-state index contributed by atoms with van der Waals surface area (Å²) < 4.78 is 5.24. The van der Waals surface area contributed by atoms with Crippen molar-refractivity contribution in [2.24, 2.45) is 0 Å². The first-order chi connectivity index (χ1) is 5.30. The Labute approximate surface area is 69.8 Å². The van der Waals surface area contributed by atoms with Crippen LogP contribution < -0.4 is 0 Å². The van der Waals surface area contributed by atoms with E-state index in [1.54, 1.807) is 0 Å². The maximum atomic E-state index is 5.24. The molecule has 1 aliphatic heterocycles. The van der Waals surface area contributed by atoms with E-state index in [-0.39, 0.29) is 0 Å². The average Bonchev–Trinajstić information content (AvgIpc) is 2.22. The maximum Gasteiger partial charge on any atom is 0.0858 e. The first-order valence-corrected chi connectivity index (χ1v) is 4.27. The first-order valence-electron chi connectivity index (χ1n) is 4.27. The van der Waals surface area contributed by atoms with Crippen LogP contribution in [0.4, 0.5) is 0 Å². The molecule has 1 aliphatic rings. The van der Waals surface area contributed by atoms with Gasteiger partial charge >= 0.3 is 0 Å². The molecule has 2 nitrogen and oxygen atoms in total. The molecular weight excluding hydrogens is 138 g/mol. The molecule has 0 amide bonds. The average molecular weight is 157 g/mol. The fourth-order valence-corrected chi connectivity index (χ4v) is 0.862. The Morgan fingerprint density at radius 1 is 1.45 bits per heavy atom. The molecule has 0 atom stereocenters. The molecule has 1 fully saturated rings. The monoisotopic (exact) mass is 157 g/mol. The Bertz CT molecular complexity index is 112. The Morgan fingerprint density at radius 3 is 2.73 bits per heavy atom. The largest absolute Gasteiger partial charge is 0.376 e. The third-order valence-corrected chi connectivity index (χ3v) is 1.59. The fraction of sp³-hybridized carbons (Fsp3) is 0.778. The van der Waals surface area contributed by atoms with Crippen LogP contribution in [0.5, 0.6) is 0 Å². The number of nitrogens with zero attached hydrogens (tertiary/aromatic N) is 1. The molecule has 0 aromatic rings. The Morgan fingerprint density at radius 2 is 2.09 bits per heavy atom. The molecule has 66 valence electrons. The number of hydrogen-bond acceptors (Lipinski definition) is 2. The van der Waals surface area contributed by atoms with E-state index in [4.69, 9.17) is 4.74 Å². The highest BCUT2D eigenvalue weighted by atomic mass is 16.5. The minimum Gasteiger partial charge on any atom is -0.376 e. The van der Waals surface area contributed by atoms with E-state index >= 15 is 0 Å². The summed E-state index contributed by atoms with van der Waals surface area (Å²) in [5.74, 6) is 0. The Balaban J connectivity index is 0.000000461. The zero-order valence-corrected chi connectivity index (χ0v) is 7.89. The van der Waals surface area contributed by atoms with Crippen molar-refractivity contribution in [3.8, 4) is 0 Å². The predicted octanol–water partition coefficient (Wildman–Crippen LogP) is 1.88. The highest BCUT2D eigenvalue weighted by Gasteiger charge is 2.05. The molecule has 0 bridgehead atoms. The summed E-state index contributed by atoms with van der Waals surface area (Å²) in [5.41, 5.74) is 1.09. The van der Waals surface area contributed by atoms with E-state index in [9.17, 15) is 0 Å². The highest BCUT2D eigenvalue weighted by Crippen LogP contribution is 2.04. The Kier molecular flexibility index (Phi) is 5.94. The number of ether oxygens (including phenoxy) is 1. The van der Waals surface area contributed by atoms with Crippen LogP contribution in [0, 0.1) is 0 Å². The summed E-state index contributed by atoms with van der Waals surface area (Å²) in [5, 5.41) is 0. The van der Waals surface area contributed by atoms with Crippen LogP contribution in [0.25, 0.3) is 0 Å². The van der Waals surface area contributed by atoms with Crippen molar-refractivity contribution in [2.45, 2.75) is 20.3 Å². The molecule has 0 spiro atoms. The molecule has 0 aromatic heterocycles. The van der Waals surface area contributed by atoms with Gasteiger partial charge in [-0.15, -0.1) is 0 Å². The van der Waals surface area contributed by atoms with Crippen molar-refractivity contribution in [1.82, 2.24) is 4.90 Å². The molecule has 1 saturated heterocycles. The molecule has 0 radical (unpaired) electrons. The van der Waals surface area contributed by atoms with Gasteiger partial charge in [0.2, 0.25) is 0 Å². The molecule has 1 heterocycles. The van der Waals surface area contributed by atoms with Crippen LogP contribution in [-0.2, 0) is 4.74 Å². The van der Waals surface area contributed by atoms with Gasteiger partial charge in [-0.1, -0.05) is 20.4 Å². The maximum absolute atomic E-state index is 5.24. The van der Waals surface area contributed by atoms with E-state index in [0.717, 1.165) is 25.3 Å². The molecule has 2 heteroatoms. The van der Waals surface area contributed by atoms with Crippen LogP contribution in [0.15, 0.2) is 12.3 Å². The third-order valence-electron chi connectivity index (χ3n) is 1.59. The second-order valence-corrected chi connectivity index (χ2v) is 2.39. The van der Waals surface area contributed by atoms with Crippen molar-refractivity contribution in [1.29, 1.82) is 0 Å². The van der Waals surface area contributed by atoms with Crippen molar-refractivity contribution in [3.05, 3.63) is 12.3 Å². The van der Waals surface area contributed by atoms with Crippen molar-refractivity contribution in [2.75, 3.05) is 26.8 Å². The summed E-state index contributed by atoms with van der Waals surface area (Å²) in [4.78, 5) is 2.15. The third kappa shape index (κ3) is 4.04. The summed E-state index contributed by atoms with van der Waals surface area (Å²) in [6.07, 6.45) is 1.12. The van der Waals surface area contributed by atoms with Gasteiger partial charge in [0.1, 0.15) is 0 Å². The molecule has 0 N–H and O–H groups in total. The fourth-order valence-electron chi connectivity index (χ4n) is 0.862. The molecule has 1 rings (SSSR count). The van der Waals surface area contributed by atoms with Gasteiger partial charge in [-0.05, 0) is 6.42 Å². The zero-order valence-electron chi connectivity index (χ0n) is 7.89. The molecule has 0 aliphatic carbocycles. The van der Waals surface area contributed by atoms with Gasteiger partial charge in [-0.2, -0.15) is 0 Å². The number of rotatable bonds is 0. The van der Waals surface area contributed by atoms with Crippen LogP contribution >= 0.6 is 0 Å². The van der Waals surface area contributed by atoms with Gasteiger partial charge in [0, 0.05) is 25.9 Å². The van der Waals surface area contributed by atoms with E-state index in [2.05, 4.69) is 18.5 Å². The first kappa shape index (κ1) is 10.5. The molecule has 0 saturated carbocycles. The van der Waals surface area contributed by atoms with Crippen LogP contribution in [0.3, 0.4) is 0 Å². The lowest BCUT2D eigenvalue weighted by Gasteiger charge is -2.16. The lowest BCUT2D eigenvalue weighted by molar-refractivity contribution is 0.162. The second-order valence-electron chi connectivity index (χ2n) is 2.39. The summed E-state index contributed by atoms with van der Waals surface area (Å²) >= 11 is 0. The number of hydrogen-bond donors (Lipinski definition) is 0. The van der Waals surface area contributed by atoms with Gasteiger partial charge in [0.25, 0.3) is 0 Å². The topological polar surface area (TPSA) is 12.5 Å². The van der Waals surface area contributed by atoms with Gasteiger partial charge < -0.3 is 9.64 Å². The zero-order chi connectivity index (χ0) is 8.69. The van der Waals surface area contributed by atoms with E-state index < -0.39 is 0 Å². The van der Waals surface area contributed by atoms with Gasteiger partial charge in [0.05, 0.1) is 6.61 Å². The van der Waals surface area contributed by atoms with Gasteiger partial charge in [-0.3, -0.25) is 0 Å². The SMILES string of the molecule is C=C1COCCCN1C.CC. The summed E-state index contributed by atoms with van der Waals surface area (Å²) in [6, 6.07) is 0. The lowest BCUT2D eigenvalue weighted by atomic mass is 10.4. The minimum absolute atomic E-state index is 0.705. The smallest absolute Gasteiger partial charge is 0.0858 e. The highest BCUT2D eigenvalue weighted by molar-refractivity contribution is 4.93. The summed E-state index contributed by atoms with van der Waals surface area (Å²) in [7, 11) is 2.05. The van der Waals surface area contributed by atoms with Crippen LogP contribution in [0.1, 0.15) is 20.3 Å². The van der Waals surface area contributed by atoms with Gasteiger partial charge in [0.15, 0.2) is 0 Å². The normalized spacial score (nSPS) is 18.5. The molecule has 0 aromatic carbocycles. The van der Waals surface area contributed by atoms with Crippen molar-refractivity contribution < 1.29 is 4.74 Å².